The van der Waals surface area contributed by atoms with Gasteiger partial charge in [-0.3, -0.25) is 24.0 Å². The highest BCUT2D eigenvalue weighted by Crippen LogP contribution is 2.71. The lowest BCUT2D eigenvalue weighted by Gasteiger charge is -2.61. The molecule has 52 heavy (non-hydrogen) atoms. The first-order valence-electron chi connectivity index (χ1n) is 17.9. The van der Waals surface area contributed by atoms with E-state index >= 15 is 0 Å². The number of halogens is 2. The van der Waals surface area contributed by atoms with Crippen molar-refractivity contribution in [3.05, 3.63) is 42.0 Å². The summed E-state index contributed by atoms with van der Waals surface area (Å²) in [5.74, 6) is -4.68. The van der Waals surface area contributed by atoms with Gasteiger partial charge >= 0.3 is 23.9 Å². The molecule has 1 aromatic carbocycles. The minimum atomic E-state index is -1.86. The van der Waals surface area contributed by atoms with Crippen molar-refractivity contribution < 1.29 is 47.7 Å². The number of ether oxygens (including phenoxy) is 4. The molecular formula is C38H46Cl2N2O10. The predicted molar refractivity (Wildman–Crippen MR) is 189 cm³/mol. The van der Waals surface area contributed by atoms with Crippen molar-refractivity contribution in [1.82, 2.24) is 5.32 Å². The molecule has 1 aromatic rings. The van der Waals surface area contributed by atoms with E-state index in [-0.39, 0.29) is 37.4 Å². The Bertz CT molecular complexity index is 1640. The van der Waals surface area contributed by atoms with Crippen LogP contribution in [0.15, 0.2) is 36.4 Å². The van der Waals surface area contributed by atoms with Crippen LogP contribution in [0.1, 0.15) is 57.9 Å². The van der Waals surface area contributed by atoms with Crippen molar-refractivity contribution in [3.8, 4) is 0 Å². The Kier molecular flexibility index (Phi) is 10.7. The van der Waals surface area contributed by atoms with E-state index in [1.54, 1.807) is 0 Å². The number of esters is 4. The van der Waals surface area contributed by atoms with Crippen LogP contribution in [0.4, 0.5) is 5.69 Å². The van der Waals surface area contributed by atoms with E-state index in [9.17, 15) is 28.8 Å². The molecule has 2 bridgehead atoms. The third-order valence-corrected chi connectivity index (χ3v) is 12.6. The van der Waals surface area contributed by atoms with Crippen LogP contribution < -0.4 is 10.2 Å². The Morgan fingerprint density at radius 1 is 1.04 bits per heavy atom. The lowest BCUT2D eigenvalue weighted by Crippen LogP contribution is -2.71. The molecule has 2 aliphatic heterocycles. The molecule has 12 nitrogen and oxygen atoms in total. The summed E-state index contributed by atoms with van der Waals surface area (Å²) in [6.07, 6.45) is -0.332. The Labute approximate surface area is 313 Å². The van der Waals surface area contributed by atoms with Gasteiger partial charge in [0.1, 0.15) is 24.9 Å². The molecule has 2 saturated heterocycles. The highest BCUT2D eigenvalue weighted by atomic mass is 35.5. The number of benzene rings is 1. The van der Waals surface area contributed by atoms with Gasteiger partial charge in [0.05, 0.1) is 24.9 Å². The SMILES string of the molecule is C=C1C(=O)[C@@]23C(=O)O[C@H]4CCC(C)(C)[C@H]5C(=O)OC[C@@]45[C@@H]2CC[C@@H]1[C@H]3OC(=O)CCC(=O)N[C@@H](Cc1ccc(N(CCCl)CCCl)cc1)C(=O)OC. The number of carbonyl (C=O) groups excluding carboxylic acids is 6. The topological polar surface area (TPSA) is 155 Å². The van der Waals surface area contributed by atoms with E-state index in [1.807, 2.05) is 43.0 Å². The van der Waals surface area contributed by atoms with Crippen LogP contribution in [0.2, 0.25) is 0 Å². The number of nitrogens with one attached hydrogen (secondary N) is 1. The molecule has 0 aromatic heterocycles. The molecule has 1 N–H and O–H groups in total. The van der Waals surface area contributed by atoms with Gasteiger partial charge in [0.2, 0.25) is 5.91 Å². The van der Waals surface area contributed by atoms with E-state index in [0.717, 1.165) is 11.3 Å². The summed E-state index contributed by atoms with van der Waals surface area (Å²) in [6, 6.07) is 6.43. The molecule has 2 heterocycles. The molecule has 1 amide bonds. The fourth-order valence-electron chi connectivity index (χ4n) is 9.95. The molecule has 6 rings (SSSR count). The van der Waals surface area contributed by atoms with Crippen molar-refractivity contribution in [2.24, 2.45) is 34.0 Å². The molecule has 8 atom stereocenters. The molecular weight excluding hydrogens is 715 g/mol. The molecule has 3 aliphatic carbocycles. The Morgan fingerprint density at radius 2 is 1.73 bits per heavy atom. The maximum Gasteiger partial charge on any atom is 0.328 e. The van der Waals surface area contributed by atoms with Crippen LogP contribution in [0, 0.1) is 34.0 Å². The molecule has 14 heteroatoms. The average molecular weight is 762 g/mol. The lowest BCUT2D eigenvalue weighted by atomic mass is 9.43. The smallest absolute Gasteiger partial charge is 0.328 e. The first-order valence-corrected chi connectivity index (χ1v) is 19.0. The zero-order valence-electron chi connectivity index (χ0n) is 29.8. The molecule has 5 aliphatic rings. The molecule has 0 unspecified atom stereocenters. The second-order valence-electron chi connectivity index (χ2n) is 15.3. The van der Waals surface area contributed by atoms with E-state index in [1.165, 1.54) is 7.11 Å². The quantitative estimate of drug-likeness (QED) is 0.102. The van der Waals surface area contributed by atoms with Gasteiger partial charge in [-0.2, -0.15) is 0 Å². The van der Waals surface area contributed by atoms with Gasteiger partial charge < -0.3 is 29.2 Å². The van der Waals surface area contributed by atoms with Gasteiger partial charge in [0.15, 0.2) is 11.2 Å². The standard InChI is InChI=1S/C38H46Cl2N2O10/c1-21-24-9-10-26-37-20-50-34(47)30(37)36(2,3)14-13-27(37)51-35(48)38(26,31(21)45)32(24)52-29(44)12-11-28(43)41-25(33(46)49-4)19-22-5-7-23(8-6-22)42(17-15-39)18-16-40/h5-8,24-27,30,32H,1,9-20H2,2-4H3,(H,41,43)/t24-,25-,26-,27-,30+,32+,37+,38-/m0/s1. The number of amides is 1. The number of alkyl halides is 2. The highest BCUT2D eigenvalue weighted by Gasteiger charge is 2.81. The molecule has 2 spiro atoms. The van der Waals surface area contributed by atoms with E-state index in [4.69, 9.17) is 42.1 Å². The Hall–Kier alpha value is -3.64. The van der Waals surface area contributed by atoms with E-state index < -0.39 is 81.8 Å². The number of fused-ring (bicyclic) bond motifs is 1. The Balaban J connectivity index is 1.14. The average Bonchev–Trinajstić information content (AvgIpc) is 3.53. The number of ketones is 1. The normalized spacial score (nSPS) is 31.7. The van der Waals surface area contributed by atoms with Gasteiger partial charge in [0.25, 0.3) is 0 Å². The van der Waals surface area contributed by atoms with Gasteiger partial charge in [-0.15, -0.1) is 23.2 Å². The first kappa shape index (κ1) is 38.1. The number of cyclic esters (lactones) is 1. The number of carbonyl (C=O) groups is 6. The number of rotatable bonds is 13. The summed E-state index contributed by atoms with van der Waals surface area (Å²) in [6.45, 7) is 9.26. The largest absolute Gasteiger partial charge is 0.467 e. The van der Waals surface area contributed by atoms with E-state index in [2.05, 4.69) is 11.9 Å². The predicted octanol–water partition coefficient (Wildman–Crippen LogP) is 3.92. The van der Waals surface area contributed by atoms with Gasteiger partial charge in [0, 0.05) is 49.3 Å². The zero-order valence-corrected chi connectivity index (χ0v) is 31.3. The lowest BCUT2D eigenvalue weighted by molar-refractivity contribution is -0.247. The Morgan fingerprint density at radius 3 is 2.38 bits per heavy atom. The van der Waals surface area contributed by atoms with Crippen LogP contribution >= 0.6 is 23.2 Å². The number of hydrogen-bond donors (Lipinski definition) is 1. The number of nitrogens with zero attached hydrogens (tertiary/aromatic N) is 1. The van der Waals surface area contributed by atoms with Crippen molar-refractivity contribution in [2.75, 3.05) is 43.5 Å². The molecule has 5 fully saturated rings. The van der Waals surface area contributed by atoms with Crippen molar-refractivity contribution in [1.29, 1.82) is 0 Å². The van der Waals surface area contributed by atoms with Crippen molar-refractivity contribution in [2.45, 2.75) is 77.0 Å². The monoisotopic (exact) mass is 760 g/mol. The maximum absolute atomic E-state index is 14.1. The first-order chi connectivity index (χ1) is 24.8. The van der Waals surface area contributed by atoms with Gasteiger partial charge in [-0.1, -0.05) is 32.6 Å². The second-order valence-corrected chi connectivity index (χ2v) is 16.1. The van der Waals surface area contributed by atoms with Crippen LogP contribution in [-0.2, 0) is 54.1 Å². The van der Waals surface area contributed by atoms with Crippen LogP contribution in [0.3, 0.4) is 0 Å². The minimum absolute atomic E-state index is 0.0154. The molecule has 0 radical (unpaired) electrons. The molecule has 282 valence electrons. The van der Waals surface area contributed by atoms with Gasteiger partial charge in [-0.05, 0) is 60.3 Å². The fourth-order valence-corrected chi connectivity index (χ4v) is 10.4. The van der Waals surface area contributed by atoms with Crippen molar-refractivity contribution in [3.63, 3.8) is 0 Å². The molecule has 3 saturated carbocycles. The summed E-state index contributed by atoms with van der Waals surface area (Å²) in [5, 5.41) is 2.66. The van der Waals surface area contributed by atoms with Crippen molar-refractivity contribution >= 4 is 64.5 Å². The summed E-state index contributed by atoms with van der Waals surface area (Å²) in [4.78, 5) is 82.7. The van der Waals surface area contributed by atoms with Crippen LogP contribution in [0.25, 0.3) is 0 Å². The van der Waals surface area contributed by atoms with Crippen LogP contribution in [0.5, 0.6) is 0 Å². The third-order valence-electron chi connectivity index (χ3n) is 12.2. The summed E-state index contributed by atoms with van der Waals surface area (Å²) in [5.41, 5.74) is -1.39. The number of anilines is 1. The maximum atomic E-state index is 14.1. The van der Waals surface area contributed by atoms with E-state index in [0.29, 0.717) is 50.5 Å². The number of Topliss-reactive ketones (excluding diaryl/α,β-unsaturated/α-hetero) is 1. The zero-order chi connectivity index (χ0) is 37.6. The summed E-state index contributed by atoms with van der Waals surface area (Å²) >= 11 is 11.9. The third kappa shape index (κ3) is 6.17. The highest BCUT2D eigenvalue weighted by molar-refractivity contribution is 6.19. The number of methoxy groups -OCH3 is 1. The number of hydrogen-bond acceptors (Lipinski definition) is 11. The summed E-state index contributed by atoms with van der Waals surface area (Å²) < 4.78 is 22.7. The summed E-state index contributed by atoms with van der Waals surface area (Å²) in [7, 11) is 1.22. The van der Waals surface area contributed by atoms with Crippen LogP contribution in [-0.4, -0.2) is 92.4 Å². The minimum Gasteiger partial charge on any atom is -0.467 e. The second kappa shape index (κ2) is 14.6. The van der Waals surface area contributed by atoms with Gasteiger partial charge in [-0.25, -0.2) is 4.79 Å². The fraction of sp³-hybridized carbons (Fsp3) is 0.632.